The Morgan fingerprint density at radius 2 is 2.33 bits per heavy atom. The minimum absolute atomic E-state index is 0.118. The van der Waals surface area contributed by atoms with Gasteiger partial charge in [-0.05, 0) is 18.6 Å². The second-order valence-electron chi connectivity index (χ2n) is 4.75. The van der Waals surface area contributed by atoms with Gasteiger partial charge in [0.1, 0.15) is 5.75 Å². The standard InChI is InChI=1S/C15H20N4O2/c1-2-6-19-10-12(9-18-19)8-17-13-4-3-5-14(7-13)21-11-15(16)20/h3-5,7,9-10,17H,2,6,8,11H2,1H3,(H2,16,20). The van der Waals surface area contributed by atoms with E-state index in [4.69, 9.17) is 10.5 Å². The molecule has 0 aliphatic heterocycles. The number of ether oxygens (including phenoxy) is 1. The first-order chi connectivity index (χ1) is 10.2. The maximum Gasteiger partial charge on any atom is 0.255 e. The molecule has 0 spiro atoms. The lowest BCUT2D eigenvalue weighted by molar-refractivity contribution is -0.119. The number of anilines is 1. The number of rotatable bonds is 8. The molecule has 1 amide bonds. The summed E-state index contributed by atoms with van der Waals surface area (Å²) in [6.07, 6.45) is 4.95. The van der Waals surface area contributed by atoms with E-state index >= 15 is 0 Å². The molecule has 6 heteroatoms. The van der Waals surface area contributed by atoms with Gasteiger partial charge >= 0.3 is 0 Å². The van der Waals surface area contributed by atoms with Crippen molar-refractivity contribution in [2.75, 3.05) is 11.9 Å². The van der Waals surface area contributed by atoms with Gasteiger partial charge in [0.15, 0.2) is 6.61 Å². The molecule has 0 aliphatic rings. The van der Waals surface area contributed by atoms with Crippen LogP contribution in [0.15, 0.2) is 36.7 Å². The summed E-state index contributed by atoms with van der Waals surface area (Å²) in [4.78, 5) is 10.7. The minimum Gasteiger partial charge on any atom is -0.484 e. The summed E-state index contributed by atoms with van der Waals surface area (Å²) >= 11 is 0. The molecule has 0 saturated carbocycles. The number of hydrogen-bond donors (Lipinski definition) is 2. The number of hydrogen-bond acceptors (Lipinski definition) is 4. The monoisotopic (exact) mass is 288 g/mol. The van der Waals surface area contributed by atoms with E-state index in [1.54, 1.807) is 6.07 Å². The topological polar surface area (TPSA) is 82.2 Å². The number of nitrogens with one attached hydrogen (secondary N) is 1. The highest BCUT2D eigenvalue weighted by molar-refractivity contribution is 5.75. The lowest BCUT2D eigenvalue weighted by Crippen LogP contribution is -2.20. The Morgan fingerprint density at radius 3 is 3.10 bits per heavy atom. The van der Waals surface area contributed by atoms with Crippen LogP contribution in [0.1, 0.15) is 18.9 Å². The Morgan fingerprint density at radius 1 is 1.48 bits per heavy atom. The maximum absolute atomic E-state index is 10.7. The molecule has 6 nitrogen and oxygen atoms in total. The molecule has 0 fully saturated rings. The molecule has 0 saturated heterocycles. The molecule has 2 aromatic rings. The largest absolute Gasteiger partial charge is 0.484 e. The van der Waals surface area contributed by atoms with Crippen molar-refractivity contribution in [3.63, 3.8) is 0 Å². The zero-order chi connectivity index (χ0) is 15.1. The maximum atomic E-state index is 10.7. The minimum atomic E-state index is -0.489. The molecule has 112 valence electrons. The van der Waals surface area contributed by atoms with Gasteiger partial charge in [0.05, 0.1) is 6.20 Å². The zero-order valence-electron chi connectivity index (χ0n) is 12.1. The summed E-state index contributed by atoms with van der Waals surface area (Å²) in [6.45, 7) is 3.61. The Hall–Kier alpha value is -2.50. The number of aryl methyl sites for hydroxylation is 1. The van der Waals surface area contributed by atoms with Crippen molar-refractivity contribution in [2.45, 2.75) is 26.4 Å². The van der Waals surface area contributed by atoms with Crippen LogP contribution in [-0.4, -0.2) is 22.3 Å². The number of nitrogens with two attached hydrogens (primary N) is 1. The van der Waals surface area contributed by atoms with E-state index in [1.807, 2.05) is 35.3 Å². The van der Waals surface area contributed by atoms with Crippen LogP contribution in [0.3, 0.4) is 0 Å². The van der Waals surface area contributed by atoms with Crippen molar-refractivity contribution in [1.29, 1.82) is 0 Å². The van der Waals surface area contributed by atoms with E-state index in [0.29, 0.717) is 12.3 Å². The quantitative estimate of drug-likeness (QED) is 0.775. The molecular weight excluding hydrogens is 268 g/mol. The van der Waals surface area contributed by atoms with Gasteiger partial charge < -0.3 is 15.8 Å². The summed E-state index contributed by atoms with van der Waals surface area (Å²) < 4.78 is 7.20. The van der Waals surface area contributed by atoms with Gasteiger partial charge in [-0.1, -0.05) is 13.0 Å². The van der Waals surface area contributed by atoms with E-state index < -0.39 is 5.91 Å². The fraction of sp³-hybridized carbons (Fsp3) is 0.333. The lowest BCUT2D eigenvalue weighted by Gasteiger charge is -2.08. The van der Waals surface area contributed by atoms with Crippen molar-refractivity contribution in [2.24, 2.45) is 5.73 Å². The Bertz CT molecular complexity index is 595. The number of aromatic nitrogens is 2. The van der Waals surface area contributed by atoms with E-state index in [1.165, 1.54) is 0 Å². The third-order valence-corrected chi connectivity index (χ3v) is 2.85. The molecule has 1 aromatic carbocycles. The van der Waals surface area contributed by atoms with E-state index in [0.717, 1.165) is 24.2 Å². The predicted molar refractivity (Wildman–Crippen MR) is 81.0 cm³/mol. The summed E-state index contributed by atoms with van der Waals surface area (Å²) in [5.74, 6) is 0.122. The Labute approximate surface area is 123 Å². The normalized spacial score (nSPS) is 10.3. The highest BCUT2D eigenvalue weighted by Crippen LogP contribution is 2.18. The third kappa shape index (κ3) is 4.83. The average Bonchev–Trinajstić information content (AvgIpc) is 2.92. The second kappa shape index (κ2) is 7.33. The number of amides is 1. The van der Waals surface area contributed by atoms with Crippen LogP contribution >= 0.6 is 0 Å². The highest BCUT2D eigenvalue weighted by atomic mass is 16.5. The van der Waals surface area contributed by atoms with Crippen molar-refractivity contribution < 1.29 is 9.53 Å². The number of benzene rings is 1. The van der Waals surface area contributed by atoms with Gasteiger partial charge in [-0.2, -0.15) is 5.10 Å². The number of primary amides is 1. The summed E-state index contributed by atoms with van der Waals surface area (Å²) in [6, 6.07) is 7.42. The molecule has 0 unspecified atom stereocenters. The molecule has 1 heterocycles. The van der Waals surface area contributed by atoms with Gasteiger partial charge in [0.2, 0.25) is 0 Å². The SMILES string of the molecule is CCCn1cc(CNc2cccc(OCC(N)=O)c2)cn1. The first-order valence-electron chi connectivity index (χ1n) is 6.93. The van der Waals surface area contributed by atoms with E-state index in [9.17, 15) is 4.79 Å². The first kappa shape index (κ1) is 14.9. The first-order valence-corrected chi connectivity index (χ1v) is 6.93. The fourth-order valence-electron chi connectivity index (χ4n) is 1.90. The Balaban J connectivity index is 1.89. The van der Waals surface area contributed by atoms with Crippen LogP contribution in [0, 0.1) is 0 Å². The third-order valence-electron chi connectivity index (χ3n) is 2.85. The fourth-order valence-corrected chi connectivity index (χ4v) is 1.90. The van der Waals surface area contributed by atoms with Gasteiger partial charge in [-0.3, -0.25) is 9.48 Å². The average molecular weight is 288 g/mol. The number of carbonyl (C=O) groups is 1. The Kier molecular flexibility index (Phi) is 5.20. The van der Waals surface area contributed by atoms with Gasteiger partial charge in [-0.25, -0.2) is 0 Å². The lowest BCUT2D eigenvalue weighted by atomic mass is 10.3. The molecule has 2 rings (SSSR count). The molecule has 3 N–H and O–H groups in total. The number of nitrogens with zero attached hydrogens (tertiary/aromatic N) is 2. The molecule has 0 atom stereocenters. The molecular formula is C15H20N4O2. The van der Waals surface area contributed by atoms with Crippen molar-refractivity contribution >= 4 is 11.6 Å². The van der Waals surface area contributed by atoms with Crippen LogP contribution in [0.2, 0.25) is 0 Å². The van der Waals surface area contributed by atoms with Crippen LogP contribution in [0.5, 0.6) is 5.75 Å². The smallest absolute Gasteiger partial charge is 0.255 e. The van der Waals surface area contributed by atoms with Crippen molar-refractivity contribution in [1.82, 2.24) is 9.78 Å². The van der Waals surface area contributed by atoms with Crippen molar-refractivity contribution in [3.8, 4) is 5.75 Å². The predicted octanol–water partition coefficient (Wildman–Crippen LogP) is 1.77. The molecule has 0 aliphatic carbocycles. The van der Waals surface area contributed by atoms with Crippen LogP contribution in [0.25, 0.3) is 0 Å². The van der Waals surface area contributed by atoms with Gasteiger partial charge in [0.25, 0.3) is 5.91 Å². The van der Waals surface area contributed by atoms with Crippen LogP contribution < -0.4 is 15.8 Å². The molecule has 0 bridgehead atoms. The summed E-state index contributed by atoms with van der Waals surface area (Å²) in [7, 11) is 0. The second-order valence-corrected chi connectivity index (χ2v) is 4.75. The van der Waals surface area contributed by atoms with Crippen molar-refractivity contribution in [3.05, 3.63) is 42.2 Å². The molecule has 1 aromatic heterocycles. The van der Waals surface area contributed by atoms with E-state index in [-0.39, 0.29) is 6.61 Å². The zero-order valence-corrected chi connectivity index (χ0v) is 12.1. The highest BCUT2D eigenvalue weighted by Gasteiger charge is 2.01. The van der Waals surface area contributed by atoms with Gasteiger partial charge in [0, 0.05) is 36.6 Å². The van der Waals surface area contributed by atoms with E-state index in [2.05, 4.69) is 17.3 Å². The summed E-state index contributed by atoms with van der Waals surface area (Å²) in [5, 5.41) is 7.58. The molecule has 21 heavy (non-hydrogen) atoms. The summed E-state index contributed by atoms with van der Waals surface area (Å²) in [5.41, 5.74) is 7.09. The number of carbonyl (C=O) groups excluding carboxylic acids is 1. The van der Waals surface area contributed by atoms with Crippen LogP contribution in [-0.2, 0) is 17.9 Å². The van der Waals surface area contributed by atoms with Gasteiger partial charge in [-0.15, -0.1) is 0 Å². The van der Waals surface area contributed by atoms with Crippen LogP contribution in [0.4, 0.5) is 5.69 Å². The molecule has 0 radical (unpaired) electrons.